The number of carbonyl (C=O) groups excluding carboxylic acids is 1. The predicted molar refractivity (Wildman–Crippen MR) is 76.0 cm³/mol. The van der Waals surface area contributed by atoms with Gasteiger partial charge < -0.3 is 5.32 Å². The summed E-state index contributed by atoms with van der Waals surface area (Å²) in [6, 6.07) is 4.90. The van der Waals surface area contributed by atoms with Crippen molar-refractivity contribution >= 4 is 23.2 Å². The minimum atomic E-state index is -0.726. The van der Waals surface area contributed by atoms with Crippen LogP contribution in [0, 0.1) is 17.0 Å². The number of aryl methyl sites for hydroxylation is 1. The first kappa shape index (κ1) is 14.9. The van der Waals surface area contributed by atoms with Crippen LogP contribution in [0.3, 0.4) is 0 Å². The van der Waals surface area contributed by atoms with Gasteiger partial charge in [-0.15, -0.1) is 0 Å². The minimum Gasteiger partial charge on any atom is -0.346 e. The van der Waals surface area contributed by atoms with Crippen LogP contribution in [0.15, 0.2) is 30.6 Å². The van der Waals surface area contributed by atoms with Crippen molar-refractivity contribution in [3.63, 3.8) is 0 Å². The summed E-state index contributed by atoms with van der Waals surface area (Å²) in [6.45, 7) is 2.03. The number of nitrogens with zero attached hydrogens (tertiary/aromatic N) is 3. The van der Waals surface area contributed by atoms with E-state index in [4.69, 9.17) is 11.6 Å². The quantitative estimate of drug-likeness (QED) is 0.531. The second-order valence-corrected chi connectivity index (χ2v) is 4.56. The maximum Gasteiger partial charge on any atom is 0.319 e. The second-order valence-electron chi connectivity index (χ2n) is 4.20. The molecule has 0 unspecified atom stereocenters. The molecule has 0 saturated carbocycles. The third-order valence-corrected chi connectivity index (χ3v) is 3.12. The normalized spacial score (nSPS) is 10.2. The van der Waals surface area contributed by atoms with Crippen molar-refractivity contribution in [2.45, 2.75) is 13.5 Å². The van der Waals surface area contributed by atoms with Crippen LogP contribution < -0.4 is 5.32 Å². The van der Waals surface area contributed by atoms with Crippen LogP contribution in [-0.2, 0) is 6.54 Å². The molecule has 0 spiro atoms. The average Bonchev–Trinajstić information content (AvgIpc) is 2.45. The number of aromatic nitrogens is 2. The van der Waals surface area contributed by atoms with Crippen LogP contribution in [0.4, 0.5) is 5.69 Å². The fraction of sp³-hybridized carbons (Fsp3) is 0.154. The summed E-state index contributed by atoms with van der Waals surface area (Å²) in [5.74, 6) is -0.601. The number of carbonyl (C=O) groups is 1. The SMILES string of the molecule is Cc1cccnc1CNC(=O)c1ccnc(Cl)c1[N+](=O)[O-]. The standard InChI is InChI=1S/C13H11ClN4O3/c1-8-3-2-5-15-10(8)7-17-13(19)9-4-6-16-12(14)11(9)18(20)21/h2-6H,7H2,1H3,(H,17,19). The van der Waals surface area contributed by atoms with Crippen molar-refractivity contribution in [2.75, 3.05) is 0 Å². The number of amides is 1. The summed E-state index contributed by atoms with van der Waals surface area (Å²) in [6.07, 6.45) is 2.86. The monoisotopic (exact) mass is 306 g/mol. The summed E-state index contributed by atoms with van der Waals surface area (Å²) < 4.78 is 0. The van der Waals surface area contributed by atoms with Gasteiger partial charge in [0.15, 0.2) is 0 Å². The van der Waals surface area contributed by atoms with Crippen LogP contribution >= 0.6 is 11.6 Å². The molecule has 2 heterocycles. The fourth-order valence-corrected chi connectivity index (χ4v) is 1.98. The molecule has 21 heavy (non-hydrogen) atoms. The maximum absolute atomic E-state index is 12.1. The molecule has 0 aromatic carbocycles. The van der Waals surface area contributed by atoms with Gasteiger partial charge in [-0.1, -0.05) is 17.7 Å². The summed E-state index contributed by atoms with van der Waals surface area (Å²) in [5, 5.41) is 13.2. The number of hydrogen-bond donors (Lipinski definition) is 1. The maximum atomic E-state index is 12.1. The van der Waals surface area contributed by atoms with E-state index in [9.17, 15) is 14.9 Å². The van der Waals surface area contributed by atoms with Crippen LogP contribution in [0.5, 0.6) is 0 Å². The zero-order valence-corrected chi connectivity index (χ0v) is 11.8. The molecule has 108 valence electrons. The number of hydrogen-bond acceptors (Lipinski definition) is 5. The lowest BCUT2D eigenvalue weighted by atomic mass is 10.2. The molecule has 0 saturated heterocycles. The molecule has 7 nitrogen and oxygen atoms in total. The molecule has 0 atom stereocenters. The minimum absolute atomic E-state index is 0.131. The lowest BCUT2D eigenvalue weighted by Gasteiger charge is -2.07. The average molecular weight is 307 g/mol. The zero-order chi connectivity index (χ0) is 15.4. The van der Waals surface area contributed by atoms with Gasteiger partial charge in [-0.05, 0) is 24.6 Å². The molecule has 0 radical (unpaired) electrons. The van der Waals surface area contributed by atoms with Gasteiger partial charge in [0.2, 0.25) is 5.15 Å². The van der Waals surface area contributed by atoms with E-state index in [-0.39, 0.29) is 17.3 Å². The van der Waals surface area contributed by atoms with E-state index in [1.165, 1.54) is 12.3 Å². The molecular formula is C13H11ClN4O3. The highest BCUT2D eigenvalue weighted by Crippen LogP contribution is 2.25. The Hall–Kier alpha value is -2.54. The third-order valence-electron chi connectivity index (χ3n) is 2.84. The Bertz CT molecular complexity index is 706. The van der Waals surface area contributed by atoms with E-state index in [0.29, 0.717) is 5.69 Å². The largest absolute Gasteiger partial charge is 0.346 e. The van der Waals surface area contributed by atoms with E-state index in [1.54, 1.807) is 12.3 Å². The van der Waals surface area contributed by atoms with Gasteiger partial charge in [-0.25, -0.2) is 4.98 Å². The topological polar surface area (TPSA) is 98.0 Å². The molecule has 0 bridgehead atoms. The molecule has 2 rings (SSSR count). The molecule has 0 aliphatic heterocycles. The van der Waals surface area contributed by atoms with Gasteiger partial charge in [0.25, 0.3) is 5.91 Å². The molecule has 1 N–H and O–H groups in total. The third kappa shape index (κ3) is 3.32. The van der Waals surface area contributed by atoms with Gasteiger partial charge in [0.05, 0.1) is 17.2 Å². The van der Waals surface area contributed by atoms with Crippen LogP contribution in [0.25, 0.3) is 0 Å². The molecule has 0 fully saturated rings. The predicted octanol–water partition coefficient (Wildman–Crippen LogP) is 2.28. The summed E-state index contributed by atoms with van der Waals surface area (Å²) >= 11 is 5.67. The van der Waals surface area contributed by atoms with Crippen molar-refractivity contribution < 1.29 is 9.72 Å². The lowest BCUT2D eigenvalue weighted by molar-refractivity contribution is -0.385. The molecule has 2 aromatic rings. The van der Waals surface area contributed by atoms with Gasteiger partial charge in [-0.3, -0.25) is 19.9 Å². The number of nitrogens with one attached hydrogen (secondary N) is 1. The van der Waals surface area contributed by atoms with E-state index in [0.717, 1.165) is 5.56 Å². The number of rotatable bonds is 4. The highest BCUT2D eigenvalue weighted by atomic mass is 35.5. The Balaban J connectivity index is 2.20. The first-order chi connectivity index (χ1) is 10.0. The first-order valence-electron chi connectivity index (χ1n) is 5.98. The Morgan fingerprint density at radius 1 is 1.38 bits per heavy atom. The Morgan fingerprint density at radius 2 is 2.14 bits per heavy atom. The van der Waals surface area contributed by atoms with Crippen molar-refractivity contribution in [3.05, 3.63) is 62.7 Å². The summed E-state index contributed by atoms with van der Waals surface area (Å²) in [5.41, 5.74) is 0.969. The van der Waals surface area contributed by atoms with Gasteiger partial charge in [0, 0.05) is 12.4 Å². The van der Waals surface area contributed by atoms with Crippen LogP contribution in [0.1, 0.15) is 21.6 Å². The Morgan fingerprint density at radius 3 is 2.81 bits per heavy atom. The Labute approximate surface area is 125 Å². The van der Waals surface area contributed by atoms with E-state index in [1.807, 2.05) is 13.0 Å². The molecular weight excluding hydrogens is 296 g/mol. The molecule has 0 aliphatic rings. The van der Waals surface area contributed by atoms with Gasteiger partial charge >= 0.3 is 5.69 Å². The molecule has 1 amide bonds. The van der Waals surface area contributed by atoms with Crippen LogP contribution in [0.2, 0.25) is 5.15 Å². The highest BCUT2D eigenvalue weighted by molar-refractivity contribution is 6.32. The molecule has 0 aliphatic carbocycles. The van der Waals surface area contributed by atoms with Crippen LogP contribution in [-0.4, -0.2) is 20.8 Å². The Kier molecular flexibility index (Phi) is 4.44. The second kappa shape index (κ2) is 6.27. The zero-order valence-electron chi connectivity index (χ0n) is 11.0. The number of nitro groups is 1. The molecule has 8 heteroatoms. The highest BCUT2D eigenvalue weighted by Gasteiger charge is 2.24. The van der Waals surface area contributed by atoms with E-state index in [2.05, 4.69) is 15.3 Å². The van der Waals surface area contributed by atoms with Crippen molar-refractivity contribution in [2.24, 2.45) is 0 Å². The fourth-order valence-electron chi connectivity index (χ4n) is 1.75. The van der Waals surface area contributed by atoms with Gasteiger partial charge in [-0.2, -0.15) is 0 Å². The van der Waals surface area contributed by atoms with Gasteiger partial charge in [0.1, 0.15) is 5.56 Å². The summed E-state index contributed by atoms with van der Waals surface area (Å²) in [7, 11) is 0. The molecule has 2 aromatic heterocycles. The van der Waals surface area contributed by atoms with E-state index < -0.39 is 16.5 Å². The number of halogens is 1. The summed E-state index contributed by atoms with van der Waals surface area (Å²) in [4.78, 5) is 30.1. The smallest absolute Gasteiger partial charge is 0.319 e. The van der Waals surface area contributed by atoms with Crippen molar-refractivity contribution in [3.8, 4) is 0 Å². The van der Waals surface area contributed by atoms with E-state index >= 15 is 0 Å². The lowest BCUT2D eigenvalue weighted by Crippen LogP contribution is -2.24. The van der Waals surface area contributed by atoms with Crippen molar-refractivity contribution in [1.82, 2.24) is 15.3 Å². The first-order valence-corrected chi connectivity index (χ1v) is 6.36. The number of pyridine rings is 2. The van der Waals surface area contributed by atoms with Crippen molar-refractivity contribution in [1.29, 1.82) is 0 Å².